The van der Waals surface area contributed by atoms with E-state index >= 15 is 0 Å². The van der Waals surface area contributed by atoms with Gasteiger partial charge in [-0.3, -0.25) is 4.79 Å². The number of nitrogens with zero attached hydrogens (tertiary/aromatic N) is 2. The van der Waals surface area contributed by atoms with Crippen LogP contribution < -0.4 is 5.32 Å². The third kappa shape index (κ3) is 5.92. The van der Waals surface area contributed by atoms with E-state index in [1.807, 2.05) is 0 Å². The van der Waals surface area contributed by atoms with Gasteiger partial charge in [-0.1, -0.05) is 29.8 Å². The van der Waals surface area contributed by atoms with E-state index in [9.17, 15) is 13.2 Å². The Morgan fingerprint density at radius 2 is 1.79 bits per heavy atom. The minimum atomic E-state index is -3.43. The Kier molecular flexibility index (Phi) is 7.74. The van der Waals surface area contributed by atoms with Crippen LogP contribution in [0.5, 0.6) is 0 Å². The molecule has 0 aliphatic carbocycles. The highest BCUT2D eigenvalue weighted by Gasteiger charge is 2.31. The Hall–Kier alpha value is -1.15. The Bertz CT molecular complexity index is 758. The molecule has 1 aromatic rings. The number of nitrogens with one attached hydrogen (secondary N) is 1. The van der Waals surface area contributed by atoms with Crippen LogP contribution in [0.4, 0.5) is 0 Å². The van der Waals surface area contributed by atoms with E-state index in [0.29, 0.717) is 43.1 Å². The molecule has 156 valence electrons. The topological polar surface area (TPSA) is 69.7 Å². The van der Waals surface area contributed by atoms with E-state index in [4.69, 9.17) is 11.6 Å². The summed E-state index contributed by atoms with van der Waals surface area (Å²) in [5.41, 5.74) is 0.613. The number of likely N-dealkylation sites (tertiary alicyclic amines) is 1. The number of amides is 1. The molecule has 8 heteroatoms. The van der Waals surface area contributed by atoms with Crippen LogP contribution in [-0.2, 0) is 20.6 Å². The largest absolute Gasteiger partial charge is 0.356 e. The molecule has 1 amide bonds. The van der Waals surface area contributed by atoms with Gasteiger partial charge in [0, 0.05) is 30.6 Å². The molecule has 1 N–H and O–H groups in total. The van der Waals surface area contributed by atoms with Gasteiger partial charge in [0.05, 0.1) is 5.75 Å². The minimum Gasteiger partial charge on any atom is -0.356 e. The number of carbonyl (C=O) groups excluding carboxylic acids is 1. The fourth-order valence-electron chi connectivity index (χ4n) is 3.96. The molecule has 1 aromatic carbocycles. The van der Waals surface area contributed by atoms with Crippen LogP contribution in [0.25, 0.3) is 0 Å². The lowest BCUT2D eigenvalue weighted by atomic mass is 9.97. The summed E-state index contributed by atoms with van der Waals surface area (Å²) in [5, 5.41) is 3.49. The summed E-state index contributed by atoms with van der Waals surface area (Å²) in [6.45, 7) is 4.86. The van der Waals surface area contributed by atoms with Crippen molar-refractivity contribution in [3.63, 3.8) is 0 Å². The first-order valence-corrected chi connectivity index (χ1v) is 12.2. The van der Waals surface area contributed by atoms with E-state index in [0.717, 1.165) is 13.0 Å². The van der Waals surface area contributed by atoms with Gasteiger partial charge >= 0.3 is 0 Å². The fraction of sp³-hybridized carbons (Fsp3) is 0.650. The molecule has 0 aromatic heterocycles. The number of piperidine rings is 1. The lowest BCUT2D eigenvalue weighted by Crippen LogP contribution is -2.43. The molecular formula is C20H30ClN3O3S. The van der Waals surface area contributed by atoms with Gasteiger partial charge < -0.3 is 10.2 Å². The van der Waals surface area contributed by atoms with Gasteiger partial charge in [-0.15, -0.1) is 0 Å². The second-order valence-corrected chi connectivity index (χ2v) is 10.1. The van der Waals surface area contributed by atoms with Crippen molar-refractivity contribution in [3.05, 3.63) is 34.9 Å². The number of rotatable bonds is 8. The van der Waals surface area contributed by atoms with Gasteiger partial charge in [-0.2, -0.15) is 0 Å². The zero-order valence-electron chi connectivity index (χ0n) is 16.3. The standard InChI is InChI=1S/C20H30ClN3O3S/c21-19-7-2-1-6-18(19)16-28(26,27)24-14-8-17(9-15-24)20(25)22-10-5-13-23-11-3-4-12-23/h1-2,6-7,17H,3-5,8-16H2,(H,22,25). The summed E-state index contributed by atoms with van der Waals surface area (Å²) < 4.78 is 26.9. The first-order chi connectivity index (χ1) is 13.5. The first-order valence-electron chi connectivity index (χ1n) is 10.2. The molecule has 0 saturated carbocycles. The summed E-state index contributed by atoms with van der Waals surface area (Å²) in [6, 6.07) is 7.01. The average molecular weight is 428 g/mol. The molecule has 28 heavy (non-hydrogen) atoms. The molecule has 0 unspecified atom stereocenters. The maximum absolute atomic E-state index is 12.7. The Labute approximate surface area is 173 Å². The highest BCUT2D eigenvalue weighted by molar-refractivity contribution is 7.88. The van der Waals surface area contributed by atoms with E-state index in [1.54, 1.807) is 24.3 Å². The highest BCUT2D eigenvalue weighted by atomic mass is 35.5. The summed E-state index contributed by atoms with van der Waals surface area (Å²) >= 11 is 6.10. The van der Waals surface area contributed by atoms with E-state index in [1.165, 1.54) is 30.2 Å². The van der Waals surface area contributed by atoms with Crippen molar-refractivity contribution in [2.24, 2.45) is 5.92 Å². The number of benzene rings is 1. The van der Waals surface area contributed by atoms with Gasteiger partial charge in [-0.25, -0.2) is 12.7 Å². The molecule has 3 rings (SSSR count). The molecule has 2 fully saturated rings. The predicted octanol–water partition coefficient (Wildman–Crippen LogP) is 2.48. The molecule has 2 saturated heterocycles. The van der Waals surface area contributed by atoms with Crippen LogP contribution in [0.1, 0.15) is 37.7 Å². The Balaban J connectivity index is 1.40. The Morgan fingerprint density at radius 3 is 2.46 bits per heavy atom. The van der Waals surface area contributed by atoms with E-state index in [-0.39, 0.29) is 17.6 Å². The summed E-state index contributed by atoms with van der Waals surface area (Å²) in [7, 11) is -3.43. The van der Waals surface area contributed by atoms with Crippen LogP contribution in [-0.4, -0.2) is 62.8 Å². The molecule has 2 aliphatic heterocycles. The van der Waals surface area contributed by atoms with E-state index < -0.39 is 10.0 Å². The van der Waals surface area contributed by atoms with Crippen LogP contribution >= 0.6 is 11.6 Å². The van der Waals surface area contributed by atoms with Crippen LogP contribution in [0.2, 0.25) is 5.02 Å². The fourth-order valence-corrected chi connectivity index (χ4v) is 5.84. The summed E-state index contributed by atoms with van der Waals surface area (Å²) in [6.07, 6.45) is 4.67. The molecular weight excluding hydrogens is 398 g/mol. The third-order valence-electron chi connectivity index (χ3n) is 5.66. The second kappa shape index (κ2) is 10.1. The quantitative estimate of drug-likeness (QED) is 0.647. The zero-order chi connectivity index (χ0) is 20.0. The highest BCUT2D eigenvalue weighted by Crippen LogP contribution is 2.24. The van der Waals surface area contributed by atoms with Crippen molar-refractivity contribution in [2.45, 2.75) is 37.9 Å². The SMILES string of the molecule is O=C(NCCCN1CCCC1)C1CCN(S(=O)(=O)Cc2ccccc2Cl)CC1. The minimum absolute atomic E-state index is 0.0598. The zero-order valence-corrected chi connectivity index (χ0v) is 17.8. The van der Waals surface area contributed by atoms with Gasteiger partial charge in [0.2, 0.25) is 15.9 Å². The summed E-state index contributed by atoms with van der Waals surface area (Å²) in [4.78, 5) is 14.8. The molecule has 0 atom stereocenters. The Morgan fingerprint density at radius 1 is 1.11 bits per heavy atom. The van der Waals surface area contributed by atoms with Gasteiger partial charge in [-0.05, 0) is 63.4 Å². The van der Waals surface area contributed by atoms with Crippen LogP contribution in [0.3, 0.4) is 0 Å². The number of hydrogen-bond donors (Lipinski definition) is 1. The monoisotopic (exact) mass is 427 g/mol. The normalized spacial score (nSPS) is 19.8. The lowest BCUT2D eigenvalue weighted by Gasteiger charge is -2.30. The smallest absolute Gasteiger partial charge is 0.223 e. The molecule has 6 nitrogen and oxygen atoms in total. The number of halogens is 1. The second-order valence-electron chi connectivity index (χ2n) is 7.71. The average Bonchev–Trinajstić information content (AvgIpc) is 3.20. The lowest BCUT2D eigenvalue weighted by molar-refractivity contribution is -0.126. The number of hydrogen-bond acceptors (Lipinski definition) is 4. The van der Waals surface area contributed by atoms with Crippen molar-refractivity contribution < 1.29 is 13.2 Å². The van der Waals surface area contributed by atoms with Crippen molar-refractivity contribution >= 4 is 27.5 Å². The van der Waals surface area contributed by atoms with Gasteiger partial charge in [0.15, 0.2) is 0 Å². The number of carbonyl (C=O) groups is 1. The van der Waals surface area contributed by atoms with Crippen molar-refractivity contribution in [1.29, 1.82) is 0 Å². The van der Waals surface area contributed by atoms with E-state index in [2.05, 4.69) is 10.2 Å². The van der Waals surface area contributed by atoms with Crippen LogP contribution in [0.15, 0.2) is 24.3 Å². The van der Waals surface area contributed by atoms with Crippen molar-refractivity contribution in [3.8, 4) is 0 Å². The summed E-state index contributed by atoms with van der Waals surface area (Å²) in [5.74, 6) is -0.136. The predicted molar refractivity (Wildman–Crippen MR) is 112 cm³/mol. The molecule has 2 heterocycles. The molecule has 0 bridgehead atoms. The van der Waals surface area contributed by atoms with Gasteiger partial charge in [0.25, 0.3) is 0 Å². The molecule has 0 spiro atoms. The molecule has 2 aliphatic rings. The van der Waals surface area contributed by atoms with Crippen LogP contribution in [0, 0.1) is 5.92 Å². The maximum Gasteiger partial charge on any atom is 0.223 e. The third-order valence-corrected chi connectivity index (χ3v) is 7.86. The molecule has 0 radical (unpaired) electrons. The number of sulfonamides is 1. The first kappa shape index (κ1) is 21.6. The van der Waals surface area contributed by atoms with Crippen molar-refractivity contribution in [1.82, 2.24) is 14.5 Å². The van der Waals surface area contributed by atoms with Gasteiger partial charge in [0.1, 0.15) is 0 Å². The van der Waals surface area contributed by atoms with Crippen molar-refractivity contribution in [2.75, 3.05) is 39.3 Å². The maximum atomic E-state index is 12.7.